The fourth-order valence-corrected chi connectivity index (χ4v) is 3.81. The summed E-state index contributed by atoms with van der Waals surface area (Å²) >= 11 is 0. The van der Waals surface area contributed by atoms with Crippen molar-refractivity contribution in [2.75, 3.05) is 0 Å². The van der Waals surface area contributed by atoms with Crippen LogP contribution in [0.4, 0.5) is 17.6 Å². The smallest absolute Gasteiger partial charge is 0.251 e. The number of hydrogen-bond donors (Lipinski definition) is 1. The second-order valence-electron chi connectivity index (χ2n) is 7.96. The van der Waals surface area contributed by atoms with E-state index in [2.05, 4.69) is 5.32 Å². The van der Waals surface area contributed by atoms with E-state index in [-0.39, 0.29) is 46.8 Å². The lowest BCUT2D eigenvalue weighted by atomic mass is 9.83. The van der Waals surface area contributed by atoms with Crippen LogP contribution in [0.3, 0.4) is 0 Å². The molecule has 0 heterocycles. The average molecular weight is 465 g/mol. The minimum atomic E-state index is -1.05. The Morgan fingerprint density at radius 3 is 1.71 bits per heavy atom. The molecule has 172 valence electrons. The molecular weight excluding hydrogens is 446 g/mol. The van der Waals surface area contributed by atoms with E-state index in [1.807, 2.05) is 0 Å². The van der Waals surface area contributed by atoms with Gasteiger partial charge < -0.3 is 5.32 Å². The summed E-state index contributed by atoms with van der Waals surface area (Å²) in [6.45, 7) is 0. The Kier molecular flexibility index (Phi) is 6.72. The second kappa shape index (κ2) is 9.87. The van der Waals surface area contributed by atoms with E-state index in [4.69, 9.17) is 0 Å². The number of carbonyl (C=O) groups is 2. The van der Waals surface area contributed by atoms with Gasteiger partial charge in [-0.1, -0.05) is 30.3 Å². The van der Waals surface area contributed by atoms with Crippen molar-refractivity contribution in [3.8, 4) is 0 Å². The lowest BCUT2D eigenvalue weighted by Crippen LogP contribution is -2.39. The van der Waals surface area contributed by atoms with Crippen LogP contribution in [-0.2, 0) is 4.79 Å². The molecule has 0 bridgehead atoms. The minimum absolute atomic E-state index is 0.158. The Hall–Kier alpha value is -4.00. The van der Waals surface area contributed by atoms with E-state index in [9.17, 15) is 27.2 Å². The van der Waals surface area contributed by atoms with Crippen LogP contribution in [0.15, 0.2) is 77.9 Å². The largest absolute Gasteiger partial charge is 0.349 e. The number of hydrogen-bond acceptors (Lipinski definition) is 2. The molecule has 3 aromatic carbocycles. The van der Waals surface area contributed by atoms with Crippen molar-refractivity contribution in [2.24, 2.45) is 0 Å². The summed E-state index contributed by atoms with van der Waals surface area (Å²) in [5.74, 6) is -4.83. The van der Waals surface area contributed by atoms with Crippen molar-refractivity contribution in [3.05, 3.63) is 118 Å². The number of halogens is 4. The predicted octanol–water partition coefficient (Wildman–Crippen LogP) is 5.87. The maximum atomic E-state index is 13.7. The van der Waals surface area contributed by atoms with E-state index in [0.717, 1.165) is 24.3 Å². The zero-order chi connectivity index (χ0) is 24.2. The number of Topliss-reactive ketones (excluding diaryl/α,β-unsaturated/α-hetero) is 1. The van der Waals surface area contributed by atoms with Gasteiger partial charge in [0.15, 0.2) is 29.1 Å². The zero-order valence-corrected chi connectivity index (χ0v) is 17.8. The molecule has 0 radical (unpaired) electrons. The number of rotatable bonds is 4. The molecule has 0 atom stereocenters. The van der Waals surface area contributed by atoms with Gasteiger partial charge in [0.25, 0.3) is 5.91 Å². The third-order valence-electron chi connectivity index (χ3n) is 5.46. The van der Waals surface area contributed by atoms with Gasteiger partial charge in [-0.05, 0) is 72.5 Å². The van der Waals surface area contributed by atoms with Crippen LogP contribution in [0.25, 0.3) is 12.2 Å². The van der Waals surface area contributed by atoms with Crippen LogP contribution < -0.4 is 5.32 Å². The summed E-state index contributed by atoms with van der Waals surface area (Å²) in [6.07, 6.45) is 3.19. The number of carbonyl (C=O) groups excluding carboxylic acids is 2. The number of amides is 1. The van der Waals surface area contributed by atoms with Crippen LogP contribution in [0.1, 0.15) is 34.3 Å². The molecule has 3 aromatic rings. The number of benzene rings is 3. The first-order chi connectivity index (χ1) is 16.3. The fraction of sp³-hybridized carbons (Fsp3) is 0.111. The van der Waals surface area contributed by atoms with Crippen LogP contribution in [0, 0.1) is 23.3 Å². The molecule has 1 amide bonds. The summed E-state index contributed by atoms with van der Waals surface area (Å²) in [7, 11) is 0. The second-order valence-corrected chi connectivity index (χ2v) is 7.96. The van der Waals surface area contributed by atoms with E-state index in [1.54, 1.807) is 30.3 Å². The summed E-state index contributed by atoms with van der Waals surface area (Å²) in [6, 6.07) is 14.6. The van der Waals surface area contributed by atoms with Crippen molar-refractivity contribution in [2.45, 2.75) is 18.9 Å². The fourth-order valence-electron chi connectivity index (χ4n) is 3.81. The molecule has 0 aromatic heterocycles. The third kappa shape index (κ3) is 5.31. The van der Waals surface area contributed by atoms with E-state index < -0.39 is 29.3 Å². The molecule has 4 rings (SSSR count). The number of ketones is 1. The lowest BCUT2D eigenvalue weighted by Gasteiger charge is -2.27. The van der Waals surface area contributed by atoms with Crippen LogP contribution in [0.2, 0.25) is 0 Å². The molecule has 1 aliphatic carbocycles. The highest BCUT2D eigenvalue weighted by molar-refractivity contribution is 6.14. The summed E-state index contributed by atoms with van der Waals surface area (Å²) in [4.78, 5) is 25.8. The average Bonchev–Trinajstić information content (AvgIpc) is 2.82. The molecule has 34 heavy (non-hydrogen) atoms. The van der Waals surface area contributed by atoms with Gasteiger partial charge >= 0.3 is 0 Å². The van der Waals surface area contributed by atoms with Gasteiger partial charge in [-0.15, -0.1) is 0 Å². The van der Waals surface area contributed by atoms with E-state index >= 15 is 0 Å². The lowest BCUT2D eigenvalue weighted by molar-refractivity contribution is -0.113. The highest BCUT2D eigenvalue weighted by atomic mass is 19.2. The SMILES string of the molecule is O=C1/C(=C/c2ccc(F)c(F)c2)CC(NC(=O)c2ccccc2)C/C1=C\c1ccc(F)c(F)c1. The molecule has 1 N–H and O–H groups in total. The van der Waals surface area contributed by atoms with Crippen molar-refractivity contribution in [1.82, 2.24) is 5.32 Å². The molecule has 1 aliphatic rings. The first-order valence-corrected chi connectivity index (χ1v) is 10.5. The topological polar surface area (TPSA) is 46.2 Å². The molecule has 7 heteroatoms. The Bertz CT molecular complexity index is 1240. The van der Waals surface area contributed by atoms with Crippen molar-refractivity contribution < 1.29 is 27.2 Å². The van der Waals surface area contributed by atoms with Gasteiger partial charge in [-0.3, -0.25) is 9.59 Å². The molecule has 1 saturated carbocycles. The van der Waals surface area contributed by atoms with Crippen molar-refractivity contribution >= 4 is 23.8 Å². The molecule has 3 nitrogen and oxygen atoms in total. The monoisotopic (exact) mass is 465 g/mol. The summed E-state index contributed by atoms with van der Waals surface area (Å²) in [5.41, 5.74) is 1.54. The quantitative estimate of drug-likeness (QED) is 0.387. The Labute approximate surface area is 193 Å². The first kappa shape index (κ1) is 23.2. The van der Waals surface area contributed by atoms with Crippen molar-refractivity contribution in [3.63, 3.8) is 0 Å². The van der Waals surface area contributed by atoms with Crippen LogP contribution in [-0.4, -0.2) is 17.7 Å². The highest BCUT2D eigenvalue weighted by Gasteiger charge is 2.29. The summed E-state index contributed by atoms with van der Waals surface area (Å²) < 4.78 is 54.0. The zero-order valence-electron chi connectivity index (χ0n) is 17.8. The minimum Gasteiger partial charge on any atom is -0.349 e. The maximum Gasteiger partial charge on any atom is 0.251 e. The van der Waals surface area contributed by atoms with E-state index in [0.29, 0.717) is 5.56 Å². The third-order valence-corrected chi connectivity index (χ3v) is 5.46. The van der Waals surface area contributed by atoms with Gasteiger partial charge in [0.2, 0.25) is 0 Å². The maximum absolute atomic E-state index is 13.7. The van der Waals surface area contributed by atoms with Crippen LogP contribution >= 0.6 is 0 Å². The molecule has 0 saturated heterocycles. The normalized spacial score (nSPS) is 18.4. The number of nitrogens with one attached hydrogen (secondary N) is 1. The first-order valence-electron chi connectivity index (χ1n) is 10.5. The molecule has 0 unspecified atom stereocenters. The Balaban J connectivity index is 1.68. The Morgan fingerprint density at radius 1 is 0.735 bits per heavy atom. The van der Waals surface area contributed by atoms with Crippen LogP contribution in [0.5, 0.6) is 0 Å². The highest BCUT2D eigenvalue weighted by Crippen LogP contribution is 2.29. The molecule has 1 fully saturated rings. The van der Waals surface area contributed by atoms with Gasteiger partial charge in [0.05, 0.1) is 0 Å². The molecule has 0 spiro atoms. The van der Waals surface area contributed by atoms with Crippen molar-refractivity contribution in [1.29, 1.82) is 0 Å². The van der Waals surface area contributed by atoms with E-state index in [1.165, 1.54) is 24.3 Å². The van der Waals surface area contributed by atoms with Gasteiger partial charge in [-0.2, -0.15) is 0 Å². The summed E-state index contributed by atoms with van der Waals surface area (Å²) in [5, 5.41) is 2.89. The van der Waals surface area contributed by atoms with Gasteiger partial charge in [0.1, 0.15) is 0 Å². The van der Waals surface area contributed by atoms with Gasteiger partial charge in [0, 0.05) is 22.8 Å². The standard InChI is InChI=1S/C27H19F4NO2/c28-22-8-6-16(12-24(22)30)10-19-14-21(32-27(34)18-4-2-1-3-5-18)15-20(26(19)33)11-17-7-9-23(29)25(31)13-17/h1-13,21H,14-15H2,(H,32,34)/b19-10+,20-11+. The molecular formula is C27H19F4NO2. The van der Waals surface area contributed by atoms with Gasteiger partial charge in [-0.25, -0.2) is 17.6 Å². The predicted molar refractivity (Wildman–Crippen MR) is 121 cm³/mol. The molecule has 0 aliphatic heterocycles. The Morgan fingerprint density at radius 2 is 1.24 bits per heavy atom.